The first kappa shape index (κ1) is 12.7. The molecule has 1 fully saturated rings. The lowest BCUT2D eigenvalue weighted by Crippen LogP contribution is -2.42. The van der Waals surface area contributed by atoms with Crippen LogP contribution in [0.2, 0.25) is 0 Å². The van der Waals surface area contributed by atoms with E-state index < -0.39 is 12.7 Å². The Labute approximate surface area is 91.7 Å². The Morgan fingerprint density at radius 3 is 2.40 bits per heavy atom. The zero-order valence-corrected chi connectivity index (χ0v) is 9.63. The third-order valence-electron chi connectivity index (χ3n) is 2.61. The predicted octanol–water partition coefficient (Wildman–Crippen LogP) is 2.80. The van der Waals surface area contributed by atoms with Crippen LogP contribution in [-0.4, -0.2) is 29.2 Å². The minimum absolute atomic E-state index is 0.0604. The molecule has 1 aliphatic rings. The molecule has 0 aromatic rings. The molecule has 0 unspecified atom stereocenters. The number of thioether (sulfide) groups is 1. The fraction of sp³-hybridized carbons (Fsp3) is 0.889. The summed E-state index contributed by atoms with van der Waals surface area (Å²) in [6.45, 7) is 2.97. The molecule has 15 heavy (non-hydrogen) atoms. The summed E-state index contributed by atoms with van der Waals surface area (Å²) in [6, 6.07) is 0. The van der Waals surface area contributed by atoms with Gasteiger partial charge in [-0.1, -0.05) is 25.6 Å². The van der Waals surface area contributed by atoms with Gasteiger partial charge in [-0.05, 0) is 12.8 Å². The van der Waals surface area contributed by atoms with Crippen LogP contribution in [0.4, 0.5) is 13.2 Å². The average molecular weight is 240 g/mol. The van der Waals surface area contributed by atoms with Gasteiger partial charge in [-0.25, -0.2) is 0 Å². The quantitative estimate of drug-likeness (QED) is 0.820. The molecule has 0 bridgehead atoms. The van der Waals surface area contributed by atoms with E-state index in [0.717, 1.165) is 18.6 Å². The molecule has 88 valence electrons. The summed E-state index contributed by atoms with van der Waals surface area (Å²) in [7, 11) is 0. The maximum atomic E-state index is 11.9. The summed E-state index contributed by atoms with van der Waals surface area (Å²) in [6.07, 6.45) is -2.40. The van der Waals surface area contributed by atoms with E-state index in [1.807, 2.05) is 13.8 Å². The number of amidine groups is 1. The number of aliphatic imine (C=N–C) groups is 1. The van der Waals surface area contributed by atoms with Gasteiger partial charge in [0, 0.05) is 11.3 Å². The van der Waals surface area contributed by atoms with Gasteiger partial charge in [0.25, 0.3) is 0 Å². The molecule has 6 heteroatoms. The summed E-state index contributed by atoms with van der Waals surface area (Å²) in [4.78, 5) is 3.53. The maximum Gasteiger partial charge on any atom is 0.408 e. The van der Waals surface area contributed by atoms with Crippen molar-refractivity contribution in [1.82, 2.24) is 5.32 Å². The van der Waals surface area contributed by atoms with Gasteiger partial charge in [-0.2, -0.15) is 13.2 Å². The van der Waals surface area contributed by atoms with E-state index in [4.69, 9.17) is 0 Å². The first-order chi connectivity index (χ1) is 6.91. The number of nitrogens with one attached hydrogen (secondary N) is 1. The average Bonchev–Trinajstić information content (AvgIpc) is 2.58. The molecule has 0 atom stereocenters. The standard InChI is InChI=1S/C9H15F3N2S/c1-3-8(4-2)6-15-7(14-8)13-5-9(10,11)12/h3-6H2,1-2H3,(H,13,14). The molecule has 2 nitrogen and oxygen atoms in total. The summed E-state index contributed by atoms with van der Waals surface area (Å²) in [5, 5.41) is 3.52. The molecule has 0 aromatic carbocycles. The number of alkyl halides is 3. The third kappa shape index (κ3) is 3.59. The lowest BCUT2D eigenvalue weighted by Gasteiger charge is -2.25. The molecule has 0 spiro atoms. The molecule has 0 saturated carbocycles. The fourth-order valence-corrected chi connectivity index (χ4v) is 2.72. The molecule has 0 amide bonds. The van der Waals surface area contributed by atoms with Crippen LogP contribution in [0, 0.1) is 0 Å². The molecule has 0 aromatic heterocycles. The summed E-state index contributed by atoms with van der Waals surface area (Å²) >= 11 is 1.38. The molecule has 0 radical (unpaired) electrons. The highest BCUT2D eigenvalue weighted by atomic mass is 32.2. The van der Waals surface area contributed by atoms with Crippen molar-refractivity contribution in [3.8, 4) is 0 Å². The molecule has 0 aliphatic carbocycles. The van der Waals surface area contributed by atoms with Crippen molar-refractivity contribution in [3.63, 3.8) is 0 Å². The Hall–Kier alpha value is -0.390. The second kappa shape index (κ2) is 4.63. The highest BCUT2D eigenvalue weighted by Crippen LogP contribution is 2.29. The van der Waals surface area contributed by atoms with Crippen molar-refractivity contribution in [1.29, 1.82) is 0 Å². The van der Waals surface area contributed by atoms with Crippen molar-refractivity contribution in [2.75, 3.05) is 12.3 Å². The molecule has 1 saturated heterocycles. The van der Waals surface area contributed by atoms with Gasteiger partial charge in [0.05, 0.1) is 0 Å². The lowest BCUT2D eigenvalue weighted by atomic mass is 9.96. The summed E-state index contributed by atoms with van der Waals surface area (Å²) in [5.74, 6) is 0.802. The van der Waals surface area contributed by atoms with Gasteiger partial charge in [-0.3, -0.25) is 4.99 Å². The fourth-order valence-electron chi connectivity index (χ4n) is 1.38. The van der Waals surface area contributed by atoms with E-state index in [1.165, 1.54) is 11.8 Å². The molecule has 1 heterocycles. The normalized spacial score (nSPS) is 23.1. The van der Waals surface area contributed by atoms with E-state index in [0.29, 0.717) is 5.17 Å². The Kier molecular flexibility index (Phi) is 3.92. The minimum atomic E-state index is -4.21. The second-order valence-corrected chi connectivity index (χ2v) is 4.60. The molecule has 1 aliphatic heterocycles. The van der Waals surface area contributed by atoms with Gasteiger partial charge >= 0.3 is 6.18 Å². The summed E-state index contributed by atoms with van der Waals surface area (Å²) in [5.41, 5.74) is -0.0604. The molecular formula is C9H15F3N2S. The zero-order valence-electron chi connectivity index (χ0n) is 8.82. The smallest absolute Gasteiger partial charge is 0.359 e. The van der Waals surface area contributed by atoms with E-state index in [-0.39, 0.29) is 5.54 Å². The SMILES string of the molecule is CCC1(CC)CSC(=NCC(F)(F)F)N1. The van der Waals surface area contributed by atoms with Gasteiger partial charge < -0.3 is 5.32 Å². The van der Waals surface area contributed by atoms with Crippen LogP contribution in [0.1, 0.15) is 26.7 Å². The second-order valence-electron chi connectivity index (χ2n) is 3.64. The molecular weight excluding hydrogens is 225 g/mol. The van der Waals surface area contributed by atoms with Gasteiger partial charge in [0.2, 0.25) is 0 Å². The number of nitrogens with zero attached hydrogens (tertiary/aromatic N) is 1. The largest absolute Gasteiger partial charge is 0.408 e. The van der Waals surface area contributed by atoms with Crippen molar-refractivity contribution >= 4 is 16.9 Å². The van der Waals surface area contributed by atoms with Crippen molar-refractivity contribution in [3.05, 3.63) is 0 Å². The predicted molar refractivity (Wildman–Crippen MR) is 57.3 cm³/mol. The first-order valence-corrected chi connectivity index (χ1v) is 5.91. The summed E-state index contributed by atoms with van der Waals surface area (Å²) < 4.78 is 35.8. The number of hydrogen-bond acceptors (Lipinski definition) is 2. The van der Waals surface area contributed by atoms with Crippen molar-refractivity contribution in [2.45, 2.75) is 38.4 Å². The van der Waals surface area contributed by atoms with Crippen molar-refractivity contribution in [2.24, 2.45) is 4.99 Å². The van der Waals surface area contributed by atoms with Gasteiger partial charge in [0.1, 0.15) is 6.54 Å². The molecule has 1 rings (SSSR count). The number of hydrogen-bond donors (Lipinski definition) is 1. The Balaban J connectivity index is 2.55. The van der Waals surface area contributed by atoms with E-state index in [1.54, 1.807) is 0 Å². The van der Waals surface area contributed by atoms with Crippen LogP contribution < -0.4 is 5.32 Å². The monoisotopic (exact) mass is 240 g/mol. The van der Waals surface area contributed by atoms with Gasteiger partial charge in [-0.15, -0.1) is 0 Å². The van der Waals surface area contributed by atoms with Crippen LogP contribution in [-0.2, 0) is 0 Å². The highest BCUT2D eigenvalue weighted by Gasteiger charge is 2.35. The van der Waals surface area contributed by atoms with E-state index in [9.17, 15) is 13.2 Å². The van der Waals surface area contributed by atoms with E-state index >= 15 is 0 Å². The highest BCUT2D eigenvalue weighted by molar-refractivity contribution is 8.14. The Bertz CT molecular complexity index is 246. The number of rotatable bonds is 3. The first-order valence-electron chi connectivity index (χ1n) is 4.93. The lowest BCUT2D eigenvalue weighted by molar-refractivity contribution is -0.118. The zero-order chi connectivity index (χ0) is 11.5. The van der Waals surface area contributed by atoms with Crippen LogP contribution in [0.15, 0.2) is 4.99 Å². The van der Waals surface area contributed by atoms with Crippen molar-refractivity contribution < 1.29 is 13.2 Å². The van der Waals surface area contributed by atoms with E-state index in [2.05, 4.69) is 10.3 Å². The molecule has 1 N–H and O–H groups in total. The number of halogens is 3. The topological polar surface area (TPSA) is 24.4 Å². The van der Waals surface area contributed by atoms with Crippen LogP contribution >= 0.6 is 11.8 Å². The van der Waals surface area contributed by atoms with Gasteiger partial charge in [0.15, 0.2) is 5.17 Å². The maximum absolute atomic E-state index is 11.9. The third-order valence-corrected chi connectivity index (χ3v) is 3.81. The van der Waals surface area contributed by atoms with Crippen LogP contribution in [0.25, 0.3) is 0 Å². The van der Waals surface area contributed by atoms with Crippen LogP contribution in [0.3, 0.4) is 0 Å². The Morgan fingerprint density at radius 1 is 1.40 bits per heavy atom. The minimum Gasteiger partial charge on any atom is -0.359 e. The Morgan fingerprint density at radius 2 is 2.00 bits per heavy atom. The van der Waals surface area contributed by atoms with Crippen LogP contribution in [0.5, 0.6) is 0 Å².